The van der Waals surface area contributed by atoms with Gasteiger partial charge in [-0.2, -0.15) is 7.82 Å². The topological polar surface area (TPSA) is 109 Å². The van der Waals surface area contributed by atoms with E-state index in [1.807, 2.05) is 0 Å². The zero-order valence-electron chi connectivity index (χ0n) is 4.28. The van der Waals surface area contributed by atoms with Gasteiger partial charge >= 0.3 is 75.5 Å². The first-order valence-corrected chi connectivity index (χ1v) is 2.35. The summed E-state index contributed by atoms with van der Waals surface area (Å²) in [6, 6.07) is 0. The van der Waals surface area contributed by atoms with Crippen LogP contribution in [-0.2, 0) is 4.57 Å². The van der Waals surface area contributed by atoms with Crippen molar-refractivity contribution in [3.63, 3.8) is 0 Å². The van der Waals surface area contributed by atoms with Gasteiger partial charge in [0.15, 0.2) is 0 Å². The minimum absolute atomic E-state index is 0. The number of phosphoric acid groups is 1. The van der Waals surface area contributed by atoms with Gasteiger partial charge in [0.25, 0.3) is 0 Å². The van der Waals surface area contributed by atoms with Crippen molar-refractivity contribution >= 4 is 83.3 Å². The second-order valence-corrected chi connectivity index (χ2v) is 1.34. The molecule has 0 rings (SSSR count). The third-order valence-corrected chi connectivity index (χ3v) is 0. The minimum Gasteiger partial charge on any atom is -0.822 e. The van der Waals surface area contributed by atoms with Gasteiger partial charge in [-0.1, -0.05) is 0 Å². The molecule has 0 aliphatic rings. The Morgan fingerprint density at radius 1 is 1.00 bits per heavy atom. The molecule has 0 aromatic heterocycles. The molecule has 0 saturated carbocycles. The summed E-state index contributed by atoms with van der Waals surface area (Å²) in [4.78, 5) is 25.6. The van der Waals surface area contributed by atoms with Crippen LogP contribution in [0.1, 0.15) is 0 Å². The fraction of sp³-hybridized carbons (Fsp3) is 0. The molecule has 0 bridgehead atoms. The molecular formula is Ca2FO5P. The fourth-order valence-electron chi connectivity index (χ4n) is 0. The van der Waals surface area contributed by atoms with E-state index in [-0.39, 0.29) is 75.5 Å². The van der Waals surface area contributed by atoms with Crippen molar-refractivity contribution in [1.82, 2.24) is 0 Å². The molecular weight excluding hydrogens is 210 g/mol. The van der Waals surface area contributed by atoms with Crippen LogP contribution in [0.3, 0.4) is 0 Å². The third-order valence-electron chi connectivity index (χ3n) is 0. The quantitative estimate of drug-likeness (QED) is 0.296. The molecule has 9 heavy (non-hydrogen) atoms. The predicted octanol–water partition coefficient (Wildman–Crippen LogP) is -4.35. The van der Waals surface area contributed by atoms with Crippen LogP contribution < -0.4 is 20.0 Å². The molecule has 0 aliphatic carbocycles. The molecule has 0 unspecified atom stereocenters. The third kappa shape index (κ3) is 120. The Morgan fingerprint density at radius 2 is 1.00 bits per heavy atom. The Bertz CT molecular complexity index is 61.1. The van der Waals surface area contributed by atoms with E-state index in [0.717, 1.165) is 0 Å². The second kappa shape index (κ2) is 13.1. The van der Waals surface area contributed by atoms with Crippen molar-refractivity contribution in [2.24, 2.45) is 0 Å². The Labute approximate surface area is 110 Å². The molecule has 0 amide bonds. The summed E-state index contributed by atoms with van der Waals surface area (Å²) in [5.41, 5.74) is 0. The maximum Gasteiger partial charge on any atom is 2.00 e. The van der Waals surface area contributed by atoms with Crippen LogP contribution in [0.5, 0.6) is 0 Å². The van der Waals surface area contributed by atoms with Crippen molar-refractivity contribution in [1.29, 1.82) is 0 Å². The van der Waals surface area contributed by atoms with Gasteiger partial charge in [0.1, 0.15) is 0 Å². The molecule has 0 spiro atoms. The van der Waals surface area contributed by atoms with E-state index >= 15 is 0 Å². The normalized spacial score (nSPS) is 7.22. The molecule has 0 aromatic carbocycles. The van der Waals surface area contributed by atoms with E-state index in [2.05, 4.69) is 0 Å². The van der Waals surface area contributed by atoms with Crippen LogP contribution in [0.25, 0.3) is 0 Å². The van der Waals surface area contributed by atoms with Gasteiger partial charge in [-0.3, -0.25) is 0 Å². The Morgan fingerprint density at radius 3 is 1.00 bits per heavy atom. The van der Waals surface area contributed by atoms with Crippen LogP contribution in [-0.4, -0.2) is 75.5 Å². The van der Waals surface area contributed by atoms with Gasteiger partial charge in [0.05, 0.1) is 0 Å². The number of rotatable bonds is 0. The molecule has 0 aromatic rings. The maximum absolute atomic E-state index is 8.55. The van der Waals surface area contributed by atoms with Gasteiger partial charge in [-0.25, -0.2) is 0 Å². The fourth-order valence-corrected chi connectivity index (χ4v) is 0. The molecule has 0 N–H and O–H groups in total. The Hall–Kier alpha value is 2.52. The van der Waals surface area contributed by atoms with Crippen molar-refractivity contribution in [2.75, 3.05) is 0 Å². The van der Waals surface area contributed by atoms with Crippen LogP contribution >= 0.6 is 7.82 Å². The molecule has 0 aliphatic heterocycles. The molecule has 0 fully saturated rings. The van der Waals surface area contributed by atoms with Crippen molar-refractivity contribution < 1.29 is 29.1 Å². The maximum atomic E-state index is 8.55. The second-order valence-electron chi connectivity index (χ2n) is 0.447. The molecule has 0 radical (unpaired) electrons. The monoisotopic (exact) mass is 210 g/mol. The summed E-state index contributed by atoms with van der Waals surface area (Å²) >= 11 is 0. The van der Waals surface area contributed by atoms with Crippen molar-refractivity contribution in [3.05, 3.63) is 0 Å². The summed E-state index contributed by atoms with van der Waals surface area (Å²) in [7, 11) is -5.39. The standard InChI is InChI=1S/2Ca.FO.H3O4P/c;;1-2;1-5(2,3)4/h;;;(H3,1,2,3,4)/q2*+2;-1;/p-3. The summed E-state index contributed by atoms with van der Waals surface area (Å²) in [5.74, 6) is 0. The van der Waals surface area contributed by atoms with E-state index in [1.54, 1.807) is 0 Å². The van der Waals surface area contributed by atoms with Crippen LogP contribution in [0.4, 0.5) is 4.53 Å². The average Bonchev–Trinajstić information content (AvgIpc) is 1.36. The van der Waals surface area contributed by atoms with Gasteiger partial charge in [0.2, 0.25) is 0 Å². The first-order chi connectivity index (χ1) is 3.00. The summed E-state index contributed by atoms with van der Waals surface area (Å²) in [5, 5.41) is 6.75. The SMILES string of the molecule is O=P([O-])([O-])[O-].[Ca+2].[Ca+2].[O-]F. The van der Waals surface area contributed by atoms with Gasteiger partial charge in [0, 0.05) is 0 Å². The van der Waals surface area contributed by atoms with E-state index in [0.29, 0.717) is 0 Å². The van der Waals surface area contributed by atoms with E-state index < -0.39 is 7.82 Å². The zero-order valence-corrected chi connectivity index (χ0v) is 9.59. The average molecular weight is 210 g/mol. The first kappa shape index (κ1) is 22.5. The smallest absolute Gasteiger partial charge is 0.822 e. The van der Waals surface area contributed by atoms with Crippen LogP contribution in [0.15, 0.2) is 0 Å². The molecule has 9 heteroatoms. The van der Waals surface area contributed by atoms with Crippen LogP contribution in [0, 0.1) is 0 Å². The number of hydrogen-bond acceptors (Lipinski definition) is 5. The van der Waals surface area contributed by atoms with Crippen LogP contribution in [0.2, 0.25) is 0 Å². The predicted molar refractivity (Wildman–Crippen MR) is 20.2 cm³/mol. The minimum atomic E-state index is -5.39. The number of halogens is 1. The number of hydrogen-bond donors (Lipinski definition) is 0. The molecule has 0 atom stereocenters. The largest absolute Gasteiger partial charge is 2.00 e. The van der Waals surface area contributed by atoms with Crippen molar-refractivity contribution in [2.45, 2.75) is 0 Å². The van der Waals surface area contributed by atoms with Gasteiger partial charge in [-0.05, 0) is 0 Å². The Balaban J connectivity index is -0.0000000286. The molecule has 0 saturated heterocycles. The molecule has 0 heterocycles. The zero-order chi connectivity index (χ0) is 6.50. The molecule has 46 valence electrons. The summed E-state index contributed by atoms with van der Waals surface area (Å²) in [6.45, 7) is 0. The van der Waals surface area contributed by atoms with E-state index in [1.165, 1.54) is 0 Å². The van der Waals surface area contributed by atoms with Crippen molar-refractivity contribution in [3.8, 4) is 0 Å². The van der Waals surface area contributed by atoms with Gasteiger partial charge in [-0.15, -0.1) is 0 Å². The summed E-state index contributed by atoms with van der Waals surface area (Å²) < 4.78 is 16.8. The van der Waals surface area contributed by atoms with Gasteiger partial charge < -0.3 is 29.1 Å². The summed E-state index contributed by atoms with van der Waals surface area (Å²) in [6.07, 6.45) is 0. The Kier molecular flexibility index (Phi) is 32.9. The van der Waals surface area contributed by atoms with E-state index in [9.17, 15) is 0 Å². The van der Waals surface area contributed by atoms with E-state index in [4.69, 9.17) is 29.1 Å². The first-order valence-electron chi connectivity index (χ1n) is 0.885. The molecule has 5 nitrogen and oxygen atoms in total.